The van der Waals surface area contributed by atoms with Crippen molar-refractivity contribution in [1.29, 1.82) is 0 Å². The molecule has 0 saturated carbocycles. The lowest BCUT2D eigenvalue weighted by atomic mass is 9.91. The molecule has 1 nitrogen and oxygen atoms in total. The molecule has 0 atom stereocenters. The van der Waals surface area contributed by atoms with Crippen LogP contribution in [0.15, 0.2) is 164 Å². The van der Waals surface area contributed by atoms with Gasteiger partial charge in [-0.15, -0.1) is 11.3 Å². The fourth-order valence-electron chi connectivity index (χ4n) is 6.18. The molecule has 0 bridgehead atoms. The highest BCUT2D eigenvalue weighted by Gasteiger charge is 2.26. The zero-order valence-electron chi connectivity index (χ0n) is 22.9. The molecule has 0 aliphatic heterocycles. The standard InChI is InChI=1S/C40H27NS/c1-4-15-28(16-5-1)30-19-14-22-32(27-30)41(31-20-8-3-9-21-31)39-37(29-17-6-2-7-18-29)33-23-10-11-24-34(33)40-38(39)35-25-12-13-26-36(35)42-40/h1-27H. The van der Waals surface area contributed by atoms with Crippen LogP contribution in [0.2, 0.25) is 0 Å². The van der Waals surface area contributed by atoms with Crippen molar-refractivity contribution in [1.82, 2.24) is 0 Å². The number of nitrogens with zero attached hydrogens (tertiary/aromatic N) is 1. The molecular weight excluding hydrogens is 527 g/mol. The van der Waals surface area contributed by atoms with Crippen molar-refractivity contribution >= 4 is 59.3 Å². The van der Waals surface area contributed by atoms with Gasteiger partial charge in [-0.25, -0.2) is 0 Å². The molecule has 8 rings (SSSR count). The van der Waals surface area contributed by atoms with Gasteiger partial charge in [-0.05, 0) is 52.4 Å². The second kappa shape index (κ2) is 10.3. The van der Waals surface area contributed by atoms with Gasteiger partial charge in [-0.3, -0.25) is 0 Å². The second-order valence-corrected chi connectivity index (χ2v) is 11.6. The van der Waals surface area contributed by atoms with Crippen molar-refractivity contribution in [2.75, 3.05) is 4.90 Å². The molecule has 0 spiro atoms. The van der Waals surface area contributed by atoms with Crippen LogP contribution in [0.4, 0.5) is 17.1 Å². The Morgan fingerprint density at radius 3 is 1.69 bits per heavy atom. The maximum Gasteiger partial charge on any atom is 0.0639 e. The smallest absolute Gasteiger partial charge is 0.0639 e. The van der Waals surface area contributed by atoms with Crippen LogP contribution >= 0.6 is 11.3 Å². The average Bonchev–Trinajstić information content (AvgIpc) is 3.46. The first kappa shape index (κ1) is 24.6. The van der Waals surface area contributed by atoms with Crippen LogP contribution in [0.25, 0.3) is 53.2 Å². The summed E-state index contributed by atoms with van der Waals surface area (Å²) in [7, 11) is 0. The van der Waals surface area contributed by atoms with Gasteiger partial charge in [0, 0.05) is 42.5 Å². The van der Waals surface area contributed by atoms with E-state index < -0.39 is 0 Å². The summed E-state index contributed by atoms with van der Waals surface area (Å²) in [5.41, 5.74) is 8.34. The van der Waals surface area contributed by atoms with Gasteiger partial charge >= 0.3 is 0 Å². The molecule has 0 saturated heterocycles. The maximum absolute atomic E-state index is 2.47. The van der Waals surface area contributed by atoms with Crippen molar-refractivity contribution in [2.24, 2.45) is 0 Å². The molecule has 0 radical (unpaired) electrons. The quantitative estimate of drug-likeness (QED) is 0.205. The maximum atomic E-state index is 2.47. The first-order chi connectivity index (χ1) is 20.9. The Morgan fingerprint density at radius 2 is 0.952 bits per heavy atom. The fraction of sp³-hybridized carbons (Fsp3) is 0. The Labute approximate surface area is 249 Å². The minimum Gasteiger partial charge on any atom is -0.309 e. The summed E-state index contributed by atoms with van der Waals surface area (Å²) in [5.74, 6) is 0. The molecule has 0 N–H and O–H groups in total. The number of fused-ring (bicyclic) bond motifs is 5. The molecule has 7 aromatic carbocycles. The van der Waals surface area contributed by atoms with E-state index in [2.05, 4.69) is 169 Å². The number of hydrogen-bond donors (Lipinski definition) is 0. The summed E-state index contributed by atoms with van der Waals surface area (Å²) in [6, 6.07) is 59.0. The van der Waals surface area contributed by atoms with Crippen LogP contribution in [0.5, 0.6) is 0 Å². The van der Waals surface area contributed by atoms with Crippen LogP contribution in [-0.4, -0.2) is 0 Å². The summed E-state index contributed by atoms with van der Waals surface area (Å²) in [6.07, 6.45) is 0. The van der Waals surface area contributed by atoms with Crippen molar-refractivity contribution in [3.05, 3.63) is 164 Å². The van der Waals surface area contributed by atoms with Crippen LogP contribution < -0.4 is 4.90 Å². The molecule has 198 valence electrons. The first-order valence-corrected chi connectivity index (χ1v) is 15.1. The molecular formula is C40H27NS. The highest BCUT2D eigenvalue weighted by molar-refractivity contribution is 7.26. The van der Waals surface area contributed by atoms with Gasteiger partial charge in [0.1, 0.15) is 0 Å². The van der Waals surface area contributed by atoms with Gasteiger partial charge in [-0.2, -0.15) is 0 Å². The number of anilines is 3. The van der Waals surface area contributed by atoms with Gasteiger partial charge in [0.15, 0.2) is 0 Å². The predicted octanol–water partition coefficient (Wildman–Crippen LogP) is 12.0. The van der Waals surface area contributed by atoms with Crippen molar-refractivity contribution in [3.8, 4) is 22.3 Å². The lowest BCUT2D eigenvalue weighted by Gasteiger charge is -2.30. The Morgan fingerprint density at radius 1 is 0.405 bits per heavy atom. The monoisotopic (exact) mass is 553 g/mol. The molecule has 1 heterocycles. The van der Waals surface area contributed by atoms with Crippen LogP contribution in [0.3, 0.4) is 0 Å². The van der Waals surface area contributed by atoms with Crippen molar-refractivity contribution in [3.63, 3.8) is 0 Å². The number of para-hydroxylation sites is 1. The molecule has 0 fully saturated rings. The largest absolute Gasteiger partial charge is 0.309 e. The van der Waals surface area contributed by atoms with Crippen molar-refractivity contribution in [2.45, 2.75) is 0 Å². The SMILES string of the molecule is c1ccc(-c2cccc(N(c3ccccc3)c3c(-c4ccccc4)c4ccccc4c4sc5ccccc5c34)c2)cc1. The lowest BCUT2D eigenvalue weighted by molar-refractivity contribution is 1.30. The van der Waals surface area contributed by atoms with E-state index in [0.29, 0.717) is 0 Å². The van der Waals surface area contributed by atoms with E-state index in [4.69, 9.17) is 0 Å². The summed E-state index contributed by atoms with van der Waals surface area (Å²) in [5, 5.41) is 5.14. The second-order valence-electron chi connectivity index (χ2n) is 10.5. The van der Waals surface area contributed by atoms with E-state index in [9.17, 15) is 0 Å². The fourth-order valence-corrected chi connectivity index (χ4v) is 7.43. The Balaban J connectivity index is 1.56. The van der Waals surface area contributed by atoms with Gasteiger partial charge in [0.2, 0.25) is 0 Å². The summed E-state index contributed by atoms with van der Waals surface area (Å²) < 4.78 is 2.62. The van der Waals surface area contributed by atoms with Gasteiger partial charge in [0.25, 0.3) is 0 Å². The van der Waals surface area contributed by atoms with Crippen LogP contribution in [0.1, 0.15) is 0 Å². The van der Waals surface area contributed by atoms with E-state index in [0.717, 1.165) is 11.4 Å². The molecule has 0 aliphatic carbocycles. The van der Waals surface area contributed by atoms with E-state index in [-0.39, 0.29) is 0 Å². The topological polar surface area (TPSA) is 3.24 Å². The number of thiophene rings is 1. The van der Waals surface area contributed by atoms with Gasteiger partial charge in [-0.1, -0.05) is 133 Å². The third kappa shape index (κ3) is 4.08. The Bertz CT molecular complexity index is 2180. The highest BCUT2D eigenvalue weighted by Crippen LogP contribution is 2.53. The molecule has 0 amide bonds. The lowest BCUT2D eigenvalue weighted by Crippen LogP contribution is -2.12. The zero-order valence-corrected chi connectivity index (χ0v) is 23.8. The minimum absolute atomic E-state index is 1.13. The van der Waals surface area contributed by atoms with E-state index >= 15 is 0 Å². The van der Waals surface area contributed by atoms with Crippen LogP contribution in [0, 0.1) is 0 Å². The molecule has 8 aromatic rings. The summed E-state index contributed by atoms with van der Waals surface area (Å²) in [4.78, 5) is 2.47. The first-order valence-electron chi connectivity index (χ1n) is 14.3. The number of benzene rings is 7. The van der Waals surface area contributed by atoms with E-state index in [1.165, 1.54) is 58.9 Å². The van der Waals surface area contributed by atoms with Crippen molar-refractivity contribution < 1.29 is 0 Å². The van der Waals surface area contributed by atoms with Gasteiger partial charge < -0.3 is 4.90 Å². The molecule has 42 heavy (non-hydrogen) atoms. The zero-order chi connectivity index (χ0) is 27.9. The average molecular weight is 554 g/mol. The predicted molar refractivity (Wildman–Crippen MR) is 182 cm³/mol. The third-order valence-corrected chi connectivity index (χ3v) is 9.23. The molecule has 0 unspecified atom stereocenters. The molecule has 0 aliphatic rings. The third-order valence-electron chi connectivity index (χ3n) is 8.02. The number of rotatable bonds is 5. The minimum atomic E-state index is 1.13. The highest BCUT2D eigenvalue weighted by atomic mass is 32.1. The van der Waals surface area contributed by atoms with Gasteiger partial charge in [0.05, 0.1) is 5.69 Å². The summed E-state index contributed by atoms with van der Waals surface area (Å²) in [6.45, 7) is 0. The molecule has 1 aromatic heterocycles. The van der Waals surface area contributed by atoms with E-state index in [1.807, 2.05) is 11.3 Å². The molecule has 2 heteroatoms. The Hall–Kier alpha value is -5.18. The summed E-state index contributed by atoms with van der Waals surface area (Å²) >= 11 is 1.89. The van der Waals surface area contributed by atoms with E-state index in [1.54, 1.807) is 0 Å². The normalized spacial score (nSPS) is 11.3. The Kier molecular flexibility index (Phi) is 6.05. The van der Waals surface area contributed by atoms with Crippen LogP contribution in [-0.2, 0) is 0 Å². The number of hydrogen-bond acceptors (Lipinski definition) is 2.